The predicted octanol–water partition coefficient (Wildman–Crippen LogP) is 3.01. The molecule has 0 amide bonds. The van der Waals surface area contributed by atoms with Gasteiger partial charge in [-0.3, -0.25) is 9.59 Å². The zero-order chi connectivity index (χ0) is 25.0. The first-order valence-corrected chi connectivity index (χ1v) is 12.3. The van der Waals surface area contributed by atoms with Gasteiger partial charge in [0.05, 0.1) is 28.8 Å². The number of ether oxygens (including phenoxy) is 1. The van der Waals surface area contributed by atoms with Crippen LogP contribution in [-0.4, -0.2) is 39.5 Å². The van der Waals surface area contributed by atoms with Crippen molar-refractivity contribution in [3.8, 4) is 29.4 Å². The molecule has 2 bridgehead atoms. The van der Waals surface area contributed by atoms with Crippen LogP contribution in [0.1, 0.15) is 68.8 Å². The maximum Gasteiger partial charge on any atom is 0.198 e. The minimum absolute atomic E-state index is 0.00511. The van der Waals surface area contributed by atoms with Crippen LogP contribution in [0.25, 0.3) is 0 Å². The van der Waals surface area contributed by atoms with Gasteiger partial charge in [-0.1, -0.05) is 23.7 Å². The van der Waals surface area contributed by atoms with Crippen LogP contribution in [0.2, 0.25) is 0 Å². The van der Waals surface area contributed by atoms with E-state index in [1.807, 2.05) is 19.1 Å². The molecule has 3 N–H and O–H groups in total. The molecule has 1 fully saturated rings. The molecule has 0 unspecified atom stereocenters. The van der Waals surface area contributed by atoms with E-state index >= 15 is 0 Å². The highest BCUT2D eigenvalue weighted by Gasteiger charge is 2.81. The van der Waals surface area contributed by atoms with Gasteiger partial charge in [0.2, 0.25) is 0 Å². The second-order valence-corrected chi connectivity index (χ2v) is 10.3. The van der Waals surface area contributed by atoms with Gasteiger partial charge in [0.1, 0.15) is 17.4 Å². The van der Waals surface area contributed by atoms with Crippen molar-refractivity contribution in [3.63, 3.8) is 0 Å². The van der Waals surface area contributed by atoms with Crippen molar-refractivity contribution in [2.75, 3.05) is 5.32 Å². The summed E-state index contributed by atoms with van der Waals surface area (Å²) in [5.74, 6) is 10.9. The molecule has 6 nitrogen and oxygen atoms in total. The topological polar surface area (TPSA) is 99.2 Å². The van der Waals surface area contributed by atoms with Crippen LogP contribution in [0.3, 0.4) is 0 Å². The molecule has 2 aliphatic heterocycles. The number of rotatable bonds is 1. The van der Waals surface area contributed by atoms with E-state index in [2.05, 4.69) is 29.0 Å². The molecule has 6 heteroatoms. The van der Waals surface area contributed by atoms with Crippen LogP contribution >= 0.6 is 0 Å². The lowest BCUT2D eigenvalue weighted by Crippen LogP contribution is -2.53. The van der Waals surface area contributed by atoms with E-state index in [1.165, 1.54) is 6.07 Å². The van der Waals surface area contributed by atoms with Gasteiger partial charge in [0.15, 0.2) is 17.2 Å². The lowest BCUT2D eigenvalue weighted by Gasteiger charge is -2.38. The molecule has 3 aliphatic carbocycles. The zero-order valence-electron chi connectivity index (χ0n) is 19.9. The number of phenols is 1. The maximum absolute atomic E-state index is 14.0. The maximum atomic E-state index is 14.0. The summed E-state index contributed by atoms with van der Waals surface area (Å²) < 4.78 is 6.43. The third-order valence-electron chi connectivity index (χ3n) is 8.48. The number of benzene rings is 2. The average molecular weight is 478 g/mol. The van der Waals surface area contributed by atoms with Crippen molar-refractivity contribution in [1.82, 2.24) is 0 Å². The summed E-state index contributed by atoms with van der Waals surface area (Å²) in [6.07, 6.45) is 5.12. The standard InChI is InChI=1S/C30H23NO5/c1-15-8-5-3-4-6-11-23-30(16(2)32)29(15,36-30)21-14-22(33)24-25(26(21)31-23)28(35)20-13-18-10-7-9-17(18)12-19(20)27(24)34/h3-4,12-16,23,31-33H,7,9-10H2,1-2H3/b4-3-/t15-,16-,23+,29-,30+/m1/s1. The van der Waals surface area contributed by atoms with Gasteiger partial charge in [-0.05, 0) is 74.6 Å². The minimum atomic E-state index is -1.13. The Labute approximate surface area is 208 Å². The number of aliphatic hydroxyl groups is 1. The van der Waals surface area contributed by atoms with Gasteiger partial charge in [0.25, 0.3) is 0 Å². The van der Waals surface area contributed by atoms with Gasteiger partial charge < -0.3 is 20.3 Å². The lowest BCUT2D eigenvalue weighted by molar-refractivity contribution is 0.0868. The Morgan fingerprint density at radius 1 is 1.03 bits per heavy atom. The van der Waals surface area contributed by atoms with E-state index in [-0.39, 0.29) is 28.4 Å². The normalized spacial score (nSPS) is 31.5. The number of ketones is 2. The molecule has 0 saturated carbocycles. The molecule has 5 aliphatic rings. The quantitative estimate of drug-likeness (QED) is 0.283. The number of hydrogen-bond donors (Lipinski definition) is 3. The molecule has 0 radical (unpaired) electrons. The van der Waals surface area contributed by atoms with Crippen molar-refractivity contribution in [1.29, 1.82) is 0 Å². The highest BCUT2D eigenvalue weighted by Crippen LogP contribution is 2.68. The fourth-order valence-electron chi connectivity index (χ4n) is 6.80. The summed E-state index contributed by atoms with van der Waals surface area (Å²) in [5.41, 5.74) is 1.69. The summed E-state index contributed by atoms with van der Waals surface area (Å²) in [7, 11) is 0. The number of carbonyl (C=O) groups excluding carboxylic acids is 2. The molecule has 2 heterocycles. The predicted molar refractivity (Wildman–Crippen MR) is 132 cm³/mol. The van der Waals surface area contributed by atoms with Gasteiger partial charge >= 0.3 is 0 Å². The largest absolute Gasteiger partial charge is 0.507 e. The van der Waals surface area contributed by atoms with Crippen LogP contribution in [0.15, 0.2) is 30.4 Å². The van der Waals surface area contributed by atoms with Crippen molar-refractivity contribution >= 4 is 17.3 Å². The molecule has 2 aromatic carbocycles. The monoisotopic (exact) mass is 477 g/mol. The minimum Gasteiger partial charge on any atom is -0.507 e. The van der Waals surface area contributed by atoms with Crippen molar-refractivity contribution in [2.24, 2.45) is 5.92 Å². The molecular formula is C30H23NO5. The summed E-state index contributed by atoms with van der Waals surface area (Å²) >= 11 is 0. The van der Waals surface area contributed by atoms with Crippen LogP contribution in [0, 0.1) is 29.6 Å². The van der Waals surface area contributed by atoms with Crippen LogP contribution in [0.4, 0.5) is 5.69 Å². The Morgan fingerprint density at radius 3 is 2.33 bits per heavy atom. The van der Waals surface area contributed by atoms with Gasteiger partial charge in [0, 0.05) is 16.7 Å². The fourth-order valence-corrected chi connectivity index (χ4v) is 6.80. The van der Waals surface area contributed by atoms with Gasteiger partial charge in [-0.15, -0.1) is 0 Å². The molecule has 0 spiro atoms. The lowest BCUT2D eigenvalue weighted by atomic mass is 9.67. The first-order valence-electron chi connectivity index (χ1n) is 12.3. The second-order valence-electron chi connectivity index (χ2n) is 10.3. The van der Waals surface area contributed by atoms with Gasteiger partial charge in [-0.2, -0.15) is 0 Å². The number of carbonyl (C=O) groups is 2. The van der Waals surface area contributed by atoms with E-state index in [0.717, 1.165) is 30.4 Å². The van der Waals surface area contributed by atoms with Gasteiger partial charge in [-0.25, -0.2) is 0 Å². The zero-order valence-corrected chi connectivity index (χ0v) is 19.9. The van der Waals surface area contributed by atoms with Crippen molar-refractivity contribution in [2.45, 2.75) is 56.5 Å². The average Bonchev–Trinajstić information content (AvgIpc) is 3.41. The van der Waals surface area contributed by atoms with Crippen LogP contribution < -0.4 is 5.32 Å². The third kappa shape index (κ3) is 2.36. The first kappa shape index (κ1) is 21.4. The number of epoxide rings is 1. The smallest absolute Gasteiger partial charge is 0.198 e. The van der Waals surface area contributed by atoms with E-state index < -0.39 is 29.3 Å². The Bertz CT molecular complexity index is 1590. The second kappa shape index (κ2) is 6.89. The highest BCUT2D eigenvalue weighted by atomic mass is 16.6. The number of allylic oxidation sites excluding steroid dienone is 2. The number of phenolic OH excluding ortho intramolecular Hbond substituents is 1. The number of anilines is 1. The van der Waals surface area contributed by atoms with Crippen LogP contribution in [-0.2, 0) is 23.2 Å². The molecule has 2 aromatic rings. The molecule has 178 valence electrons. The molecule has 1 saturated heterocycles. The number of nitrogens with one attached hydrogen (secondary N) is 1. The molecular weight excluding hydrogens is 454 g/mol. The fraction of sp³-hybridized carbons (Fsp3) is 0.333. The molecule has 5 atom stereocenters. The molecule has 0 aromatic heterocycles. The van der Waals surface area contributed by atoms with E-state index in [0.29, 0.717) is 22.4 Å². The molecule has 7 rings (SSSR count). The Hall–Kier alpha value is -3.84. The number of fused-ring (bicyclic) bond motifs is 5. The molecule has 36 heavy (non-hydrogen) atoms. The number of aliphatic hydroxyl groups excluding tert-OH is 1. The highest BCUT2D eigenvalue weighted by molar-refractivity contribution is 6.31. The van der Waals surface area contributed by atoms with Crippen LogP contribution in [0.5, 0.6) is 5.75 Å². The third-order valence-corrected chi connectivity index (χ3v) is 8.48. The van der Waals surface area contributed by atoms with Crippen molar-refractivity contribution in [3.05, 3.63) is 69.3 Å². The van der Waals surface area contributed by atoms with E-state index in [9.17, 15) is 19.8 Å². The summed E-state index contributed by atoms with van der Waals surface area (Å²) in [5, 5.41) is 25.5. The SMILES string of the molecule is C[C@@H]1C#C/C=C\C#C[C@@H]2Nc3c(cc(O)c4c3C(=O)c3cc5c(cc3C4=O)CCC5)[C@]13O[C@@]23[C@@H](C)O. The number of hydrogen-bond acceptors (Lipinski definition) is 6. The van der Waals surface area contributed by atoms with E-state index in [1.54, 1.807) is 19.1 Å². The number of aromatic hydroxyl groups is 1. The van der Waals surface area contributed by atoms with Crippen molar-refractivity contribution < 1.29 is 24.5 Å². The Balaban J connectivity index is 1.52. The summed E-state index contributed by atoms with van der Waals surface area (Å²) in [4.78, 5) is 27.7. The first-order chi connectivity index (χ1) is 17.3. The van der Waals surface area contributed by atoms with E-state index in [4.69, 9.17) is 4.74 Å². The summed E-state index contributed by atoms with van der Waals surface area (Å²) in [6, 6.07) is 4.49. The number of aryl methyl sites for hydroxylation is 2. The Morgan fingerprint density at radius 2 is 1.67 bits per heavy atom. The Kier molecular flexibility index (Phi) is 4.10. The summed E-state index contributed by atoms with van der Waals surface area (Å²) in [6.45, 7) is 3.54.